The zero-order chi connectivity index (χ0) is 15.9. The number of halogens is 1. The number of carbonyl (C=O) groups excluding carboxylic acids is 1. The summed E-state index contributed by atoms with van der Waals surface area (Å²) in [4.78, 5) is 14.0. The predicted octanol–water partition coefficient (Wildman–Crippen LogP) is 1.75. The molecule has 0 spiro atoms. The molecule has 0 atom stereocenters. The van der Waals surface area contributed by atoms with Crippen molar-refractivity contribution in [2.24, 2.45) is 0 Å². The van der Waals surface area contributed by atoms with E-state index in [-0.39, 0.29) is 5.91 Å². The first kappa shape index (κ1) is 14.4. The van der Waals surface area contributed by atoms with Gasteiger partial charge in [0.2, 0.25) is 0 Å². The highest BCUT2D eigenvalue weighted by Crippen LogP contribution is 2.38. The molecule has 23 heavy (non-hydrogen) atoms. The van der Waals surface area contributed by atoms with Gasteiger partial charge in [-0.05, 0) is 37.8 Å². The highest BCUT2D eigenvalue weighted by Gasteiger charge is 2.47. The Balaban J connectivity index is 1.53. The number of nitrogens with zero attached hydrogens (tertiary/aromatic N) is 5. The van der Waals surface area contributed by atoms with Gasteiger partial charge in [0, 0.05) is 25.5 Å². The second kappa shape index (κ2) is 5.47. The van der Waals surface area contributed by atoms with Crippen LogP contribution in [-0.4, -0.2) is 42.4 Å². The molecule has 2 aromatic rings. The van der Waals surface area contributed by atoms with E-state index in [1.54, 1.807) is 4.90 Å². The van der Waals surface area contributed by atoms with Crippen molar-refractivity contribution >= 4 is 5.91 Å². The summed E-state index contributed by atoms with van der Waals surface area (Å²) in [5.41, 5.74) is -1.64. The standard InChI is InChI=1S/C16H20FN5O/c17-16(5-3-6-16)15(23)21-9-4-10-22-13(18-19-14(22)12-21)11-20-7-1-2-8-20/h1-2,7-8H,3-6,9-12H2. The Labute approximate surface area is 133 Å². The van der Waals surface area contributed by atoms with E-state index in [0.717, 1.165) is 31.0 Å². The maximum absolute atomic E-state index is 14.4. The summed E-state index contributed by atoms with van der Waals surface area (Å²) in [7, 11) is 0. The third-order valence-corrected chi connectivity index (χ3v) is 4.85. The molecular formula is C16H20FN5O. The van der Waals surface area contributed by atoms with Crippen molar-refractivity contribution in [3.8, 4) is 0 Å². The van der Waals surface area contributed by atoms with Crippen molar-refractivity contribution in [3.63, 3.8) is 0 Å². The summed E-state index contributed by atoms with van der Waals surface area (Å²) in [6.07, 6.45) is 6.27. The molecule has 0 bridgehead atoms. The van der Waals surface area contributed by atoms with Gasteiger partial charge in [-0.1, -0.05) is 0 Å². The van der Waals surface area contributed by atoms with Gasteiger partial charge in [-0.2, -0.15) is 0 Å². The molecule has 4 rings (SSSR count). The molecule has 7 heteroatoms. The fraction of sp³-hybridized carbons (Fsp3) is 0.562. The van der Waals surface area contributed by atoms with E-state index in [4.69, 9.17) is 0 Å². The van der Waals surface area contributed by atoms with E-state index in [0.29, 0.717) is 32.5 Å². The molecule has 0 unspecified atom stereocenters. The summed E-state index contributed by atoms with van der Waals surface area (Å²) in [6.45, 7) is 2.35. The number of carbonyl (C=O) groups is 1. The maximum Gasteiger partial charge on any atom is 0.260 e. The van der Waals surface area contributed by atoms with Crippen LogP contribution in [0.15, 0.2) is 24.5 Å². The molecule has 1 saturated carbocycles. The highest BCUT2D eigenvalue weighted by atomic mass is 19.1. The summed E-state index contributed by atoms with van der Waals surface area (Å²) in [6, 6.07) is 3.94. The Morgan fingerprint density at radius 3 is 2.65 bits per heavy atom. The molecule has 122 valence electrons. The first-order valence-electron chi connectivity index (χ1n) is 8.16. The third kappa shape index (κ3) is 2.54. The minimum atomic E-state index is -1.64. The van der Waals surface area contributed by atoms with E-state index in [1.165, 1.54) is 0 Å². The minimum absolute atomic E-state index is 0.350. The number of amides is 1. The van der Waals surface area contributed by atoms with Gasteiger partial charge < -0.3 is 14.0 Å². The van der Waals surface area contributed by atoms with Crippen molar-refractivity contribution < 1.29 is 9.18 Å². The summed E-state index contributed by atoms with van der Waals surface area (Å²) < 4.78 is 18.5. The van der Waals surface area contributed by atoms with Crippen LogP contribution in [0.25, 0.3) is 0 Å². The average Bonchev–Trinajstić information content (AvgIpc) is 3.10. The van der Waals surface area contributed by atoms with Crippen LogP contribution < -0.4 is 0 Å². The van der Waals surface area contributed by atoms with Gasteiger partial charge in [-0.25, -0.2) is 4.39 Å². The van der Waals surface area contributed by atoms with Crippen molar-refractivity contribution in [2.45, 2.75) is 51.0 Å². The van der Waals surface area contributed by atoms with Gasteiger partial charge in [-0.3, -0.25) is 4.79 Å². The molecule has 0 N–H and O–H groups in total. The lowest BCUT2D eigenvalue weighted by atomic mass is 9.81. The second-order valence-corrected chi connectivity index (χ2v) is 6.44. The normalized spacial score (nSPS) is 19.8. The monoisotopic (exact) mass is 317 g/mol. The van der Waals surface area contributed by atoms with E-state index >= 15 is 0 Å². The van der Waals surface area contributed by atoms with Crippen LogP contribution in [0.5, 0.6) is 0 Å². The Bertz CT molecular complexity index is 704. The topological polar surface area (TPSA) is 56.0 Å². The molecule has 2 aliphatic rings. The first-order valence-corrected chi connectivity index (χ1v) is 8.16. The van der Waals surface area contributed by atoms with E-state index < -0.39 is 5.67 Å². The van der Waals surface area contributed by atoms with Crippen LogP contribution in [-0.2, 0) is 24.4 Å². The molecule has 2 aromatic heterocycles. The SMILES string of the molecule is O=C(N1CCCn2c(nnc2Cn2cccc2)C1)C1(F)CCC1. The summed E-state index contributed by atoms with van der Waals surface area (Å²) in [5, 5.41) is 8.50. The van der Waals surface area contributed by atoms with Crippen LogP contribution in [0.4, 0.5) is 4.39 Å². The molecule has 1 aliphatic carbocycles. The zero-order valence-corrected chi connectivity index (χ0v) is 13.0. The Morgan fingerprint density at radius 2 is 1.96 bits per heavy atom. The summed E-state index contributed by atoms with van der Waals surface area (Å²) >= 11 is 0. The predicted molar refractivity (Wildman–Crippen MR) is 81.3 cm³/mol. The molecule has 1 aliphatic heterocycles. The zero-order valence-electron chi connectivity index (χ0n) is 13.0. The van der Waals surface area contributed by atoms with Gasteiger partial charge in [0.05, 0.1) is 13.1 Å². The minimum Gasteiger partial charge on any atom is -0.347 e. The number of rotatable bonds is 3. The third-order valence-electron chi connectivity index (χ3n) is 4.85. The molecule has 0 aromatic carbocycles. The average molecular weight is 317 g/mol. The molecule has 3 heterocycles. The Morgan fingerprint density at radius 1 is 1.17 bits per heavy atom. The van der Waals surface area contributed by atoms with E-state index in [2.05, 4.69) is 14.8 Å². The number of alkyl halides is 1. The first-order chi connectivity index (χ1) is 11.2. The summed E-state index contributed by atoms with van der Waals surface area (Å²) in [5.74, 6) is 1.26. The number of aromatic nitrogens is 4. The van der Waals surface area contributed by atoms with Crippen LogP contribution in [0.1, 0.15) is 37.3 Å². The molecule has 1 amide bonds. The van der Waals surface area contributed by atoms with Crippen LogP contribution in [0, 0.1) is 0 Å². The molecule has 1 fully saturated rings. The van der Waals surface area contributed by atoms with Crippen molar-refractivity contribution in [1.82, 2.24) is 24.2 Å². The fourth-order valence-electron chi connectivity index (χ4n) is 3.33. The number of hydrogen-bond donors (Lipinski definition) is 0. The smallest absolute Gasteiger partial charge is 0.260 e. The van der Waals surface area contributed by atoms with Crippen LogP contribution >= 0.6 is 0 Å². The molecule has 0 radical (unpaired) electrons. The lowest BCUT2D eigenvalue weighted by Crippen LogP contribution is -2.50. The number of hydrogen-bond acceptors (Lipinski definition) is 3. The van der Waals surface area contributed by atoms with E-state index in [1.807, 2.05) is 29.1 Å². The van der Waals surface area contributed by atoms with Gasteiger partial charge in [-0.15, -0.1) is 10.2 Å². The number of fused-ring (bicyclic) bond motifs is 1. The largest absolute Gasteiger partial charge is 0.347 e. The van der Waals surface area contributed by atoms with Gasteiger partial charge in [0.1, 0.15) is 0 Å². The van der Waals surface area contributed by atoms with Gasteiger partial charge in [0.15, 0.2) is 17.3 Å². The van der Waals surface area contributed by atoms with Crippen LogP contribution in [0.2, 0.25) is 0 Å². The quantitative estimate of drug-likeness (QED) is 0.867. The molecule has 0 saturated heterocycles. The Kier molecular flexibility index (Phi) is 3.43. The molecule has 6 nitrogen and oxygen atoms in total. The van der Waals surface area contributed by atoms with Crippen molar-refractivity contribution in [1.29, 1.82) is 0 Å². The van der Waals surface area contributed by atoms with Crippen molar-refractivity contribution in [2.75, 3.05) is 6.54 Å². The lowest BCUT2D eigenvalue weighted by molar-refractivity contribution is -0.150. The highest BCUT2D eigenvalue weighted by molar-refractivity contribution is 5.86. The van der Waals surface area contributed by atoms with E-state index in [9.17, 15) is 9.18 Å². The van der Waals surface area contributed by atoms with Crippen LogP contribution in [0.3, 0.4) is 0 Å². The lowest BCUT2D eigenvalue weighted by Gasteiger charge is -2.36. The van der Waals surface area contributed by atoms with Gasteiger partial charge >= 0.3 is 0 Å². The van der Waals surface area contributed by atoms with Gasteiger partial charge in [0.25, 0.3) is 5.91 Å². The molecular weight excluding hydrogens is 297 g/mol. The van der Waals surface area contributed by atoms with Crippen molar-refractivity contribution in [3.05, 3.63) is 36.2 Å². The Hall–Kier alpha value is -2.18. The fourth-order valence-corrected chi connectivity index (χ4v) is 3.33. The second-order valence-electron chi connectivity index (χ2n) is 6.44. The maximum atomic E-state index is 14.4.